The van der Waals surface area contributed by atoms with Crippen molar-refractivity contribution in [3.05, 3.63) is 23.8 Å². The number of fused-ring (bicyclic) bond motifs is 1. The van der Waals surface area contributed by atoms with Gasteiger partial charge in [0.2, 0.25) is 5.91 Å². The Morgan fingerprint density at radius 2 is 2.09 bits per heavy atom. The molecule has 0 aromatic heterocycles. The normalized spacial score (nSPS) is 21.0. The summed E-state index contributed by atoms with van der Waals surface area (Å²) in [5.41, 5.74) is 9.30. The summed E-state index contributed by atoms with van der Waals surface area (Å²) < 4.78 is 0. The highest BCUT2D eigenvalue weighted by molar-refractivity contribution is 5.85. The van der Waals surface area contributed by atoms with Crippen molar-refractivity contribution in [2.75, 3.05) is 30.3 Å². The van der Waals surface area contributed by atoms with Crippen molar-refractivity contribution in [1.29, 1.82) is 0 Å². The molecule has 0 radical (unpaired) electrons. The maximum absolute atomic E-state index is 12.6. The van der Waals surface area contributed by atoms with Crippen molar-refractivity contribution in [1.82, 2.24) is 4.90 Å². The summed E-state index contributed by atoms with van der Waals surface area (Å²) in [4.78, 5) is 16.9. The molecule has 2 aliphatic rings. The molecule has 1 aromatic carbocycles. The number of hydrogen-bond donors (Lipinski definition) is 1. The zero-order valence-electron chi connectivity index (χ0n) is 13.3. The van der Waals surface area contributed by atoms with Crippen LogP contribution in [0.2, 0.25) is 0 Å². The van der Waals surface area contributed by atoms with Gasteiger partial charge in [-0.05, 0) is 56.7 Å². The number of rotatable bonds is 2. The van der Waals surface area contributed by atoms with E-state index in [1.54, 1.807) is 0 Å². The van der Waals surface area contributed by atoms with Crippen LogP contribution in [0.1, 0.15) is 38.2 Å². The van der Waals surface area contributed by atoms with Crippen LogP contribution in [0.3, 0.4) is 0 Å². The number of halogens is 1. The van der Waals surface area contributed by atoms with Crippen LogP contribution in [0, 0.1) is 0 Å². The topological polar surface area (TPSA) is 49.6 Å². The summed E-state index contributed by atoms with van der Waals surface area (Å²) >= 11 is 0. The van der Waals surface area contributed by atoms with Gasteiger partial charge in [-0.25, -0.2) is 0 Å². The number of piperidine rings is 1. The molecular weight excluding hydrogens is 298 g/mol. The van der Waals surface area contributed by atoms with Crippen molar-refractivity contribution in [3.8, 4) is 0 Å². The highest BCUT2D eigenvalue weighted by atomic mass is 35.5. The van der Waals surface area contributed by atoms with E-state index in [1.165, 1.54) is 12.0 Å². The van der Waals surface area contributed by atoms with E-state index < -0.39 is 0 Å². The van der Waals surface area contributed by atoms with E-state index in [2.05, 4.69) is 22.8 Å². The van der Waals surface area contributed by atoms with Crippen LogP contribution in [-0.4, -0.2) is 36.5 Å². The summed E-state index contributed by atoms with van der Waals surface area (Å²) in [6, 6.07) is 6.42. The van der Waals surface area contributed by atoms with Crippen LogP contribution in [0.4, 0.5) is 11.4 Å². The lowest BCUT2D eigenvalue weighted by molar-refractivity contribution is -0.132. The van der Waals surface area contributed by atoms with E-state index in [0.29, 0.717) is 12.6 Å². The fraction of sp³-hybridized carbons (Fsp3) is 0.588. The van der Waals surface area contributed by atoms with Gasteiger partial charge in [0.05, 0.1) is 6.54 Å². The van der Waals surface area contributed by atoms with Gasteiger partial charge < -0.3 is 15.5 Å². The Bertz CT molecular complexity index is 535. The molecule has 3 rings (SSSR count). The molecule has 22 heavy (non-hydrogen) atoms. The molecular formula is C17H26ClN3O. The molecule has 122 valence electrons. The van der Waals surface area contributed by atoms with Crippen molar-refractivity contribution in [2.24, 2.45) is 0 Å². The van der Waals surface area contributed by atoms with Gasteiger partial charge in [-0.3, -0.25) is 4.79 Å². The molecule has 0 aliphatic carbocycles. The molecule has 2 N–H and O–H groups in total. The van der Waals surface area contributed by atoms with Crippen LogP contribution in [0.5, 0.6) is 0 Å². The Balaban J connectivity index is 0.00000176. The van der Waals surface area contributed by atoms with Gasteiger partial charge in [0.25, 0.3) is 0 Å². The maximum Gasteiger partial charge on any atom is 0.242 e. The van der Waals surface area contributed by atoms with Crippen molar-refractivity contribution in [2.45, 2.75) is 45.1 Å². The molecule has 1 atom stereocenters. The number of amides is 1. The molecule has 4 nitrogen and oxygen atoms in total. The number of nitrogens with two attached hydrogens (primary N) is 1. The van der Waals surface area contributed by atoms with Gasteiger partial charge in [0.15, 0.2) is 0 Å². The Kier molecular flexibility index (Phi) is 5.57. The molecule has 2 aliphatic heterocycles. The third-order valence-electron chi connectivity index (χ3n) is 4.83. The van der Waals surface area contributed by atoms with E-state index >= 15 is 0 Å². The smallest absolute Gasteiger partial charge is 0.242 e. The quantitative estimate of drug-likeness (QED) is 0.851. The SMILES string of the molecule is CC1CCCCN1C(=O)CN1CCCc2c(N)cccc21.Cl. The highest BCUT2D eigenvalue weighted by Crippen LogP contribution is 2.31. The van der Waals surface area contributed by atoms with E-state index in [-0.39, 0.29) is 18.3 Å². The van der Waals surface area contributed by atoms with Crippen molar-refractivity contribution >= 4 is 29.7 Å². The number of hydrogen-bond acceptors (Lipinski definition) is 3. The first-order valence-electron chi connectivity index (χ1n) is 8.08. The van der Waals surface area contributed by atoms with Crippen molar-refractivity contribution in [3.63, 3.8) is 0 Å². The average Bonchev–Trinajstić information content (AvgIpc) is 2.49. The minimum absolute atomic E-state index is 0. The third kappa shape index (κ3) is 3.32. The summed E-state index contributed by atoms with van der Waals surface area (Å²) in [6.45, 7) is 4.52. The molecule has 1 aromatic rings. The maximum atomic E-state index is 12.6. The van der Waals surface area contributed by atoms with E-state index in [4.69, 9.17) is 5.73 Å². The molecule has 5 heteroatoms. The Morgan fingerprint density at radius 3 is 2.86 bits per heavy atom. The standard InChI is InChI=1S/C17H25N3O.ClH/c1-13-6-2-3-11-20(13)17(21)12-19-10-5-7-14-15(18)8-4-9-16(14)19;/h4,8-9,13H,2-3,5-7,10-12,18H2,1H3;1H. The van der Waals surface area contributed by atoms with Gasteiger partial charge in [-0.1, -0.05) is 6.07 Å². The van der Waals surface area contributed by atoms with E-state index in [9.17, 15) is 4.79 Å². The predicted molar refractivity (Wildman–Crippen MR) is 93.7 cm³/mol. The Morgan fingerprint density at radius 1 is 1.27 bits per heavy atom. The van der Waals surface area contributed by atoms with Crippen LogP contribution < -0.4 is 10.6 Å². The van der Waals surface area contributed by atoms with Crippen molar-refractivity contribution < 1.29 is 4.79 Å². The number of nitrogen functional groups attached to an aromatic ring is 1. The number of carbonyl (C=O) groups excluding carboxylic acids is 1. The average molecular weight is 324 g/mol. The van der Waals surface area contributed by atoms with Crippen LogP contribution in [0.15, 0.2) is 18.2 Å². The molecule has 0 saturated carbocycles. The first-order valence-corrected chi connectivity index (χ1v) is 8.08. The lowest BCUT2D eigenvalue weighted by Crippen LogP contribution is -2.47. The van der Waals surface area contributed by atoms with Crippen LogP contribution >= 0.6 is 12.4 Å². The second kappa shape index (κ2) is 7.23. The van der Waals surface area contributed by atoms with Crippen LogP contribution in [0.25, 0.3) is 0 Å². The summed E-state index contributed by atoms with van der Waals surface area (Å²) in [6.07, 6.45) is 5.61. The molecule has 1 fully saturated rings. The minimum Gasteiger partial charge on any atom is -0.398 e. The van der Waals surface area contributed by atoms with Gasteiger partial charge in [-0.2, -0.15) is 0 Å². The van der Waals surface area contributed by atoms with Gasteiger partial charge in [0, 0.05) is 30.5 Å². The largest absolute Gasteiger partial charge is 0.398 e. The van der Waals surface area contributed by atoms with Crippen LogP contribution in [-0.2, 0) is 11.2 Å². The molecule has 1 amide bonds. The fourth-order valence-electron chi connectivity index (χ4n) is 3.61. The number of nitrogens with zero attached hydrogens (tertiary/aromatic N) is 2. The Labute approximate surface area is 139 Å². The third-order valence-corrected chi connectivity index (χ3v) is 4.83. The zero-order valence-corrected chi connectivity index (χ0v) is 14.1. The van der Waals surface area contributed by atoms with Gasteiger partial charge in [0.1, 0.15) is 0 Å². The molecule has 0 bridgehead atoms. The number of likely N-dealkylation sites (tertiary alicyclic amines) is 1. The summed E-state index contributed by atoms with van der Waals surface area (Å²) in [5, 5.41) is 0. The Hall–Kier alpha value is -1.42. The lowest BCUT2D eigenvalue weighted by Gasteiger charge is -2.37. The van der Waals surface area contributed by atoms with Gasteiger partial charge in [-0.15, -0.1) is 12.4 Å². The highest BCUT2D eigenvalue weighted by Gasteiger charge is 2.26. The monoisotopic (exact) mass is 323 g/mol. The molecule has 2 heterocycles. The van der Waals surface area contributed by atoms with E-state index in [0.717, 1.165) is 50.1 Å². The molecule has 1 unspecified atom stereocenters. The fourth-order valence-corrected chi connectivity index (χ4v) is 3.61. The first kappa shape index (κ1) is 16.9. The first-order chi connectivity index (χ1) is 10.2. The predicted octanol–water partition coefficient (Wildman–Crippen LogP) is 2.84. The zero-order chi connectivity index (χ0) is 14.8. The molecule has 0 spiro atoms. The number of benzene rings is 1. The number of carbonyl (C=O) groups is 1. The summed E-state index contributed by atoms with van der Waals surface area (Å²) in [7, 11) is 0. The van der Waals surface area contributed by atoms with E-state index in [1.807, 2.05) is 12.1 Å². The van der Waals surface area contributed by atoms with Gasteiger partial charge >= 0.3 is 0 Å². The lowest BCUT2D eigenvalue weighted by atomic mass is 9.99. The number of anilines is 2. The second-order valence-electron chi connectivity index (χ2n) is 6.30. The molecule has 1 saturated heterocycles. The minimum atomic E-state index is 0. The summed E-state index contributed by atoms with van der Waals surface area (Å²) in [5.74, 6) is 0.262. The second-order valence-corrected chi connectivity index (χ2v) is 6.30.